The lowest BCUT2D eigenvalue weighted by molar-refractivity contribution is -0.143. The number of hydrogen-bond donors (Lipinski definition) is 2. The Bertz CT molecular complexity index is 639. The summed E-state index contributed by atoms with van der Waals surface area (Å²) in [7, 11) is 0. The first kappa shape index (κ1) is 17.7. The van der Waals surface area contributed by atoms with Crippen LogP contribution in [0, 0.1) is 5.82 Å². The second-order valence-corrected chi connectivity index (χ2v) is 5.50. The van der Waals surface area contributed by atoms with Crippen molar-refractivity contribution in [2.75, 3.05) is 6.61 Å². The van der Waals surface area contributed by atoms with Crippen molar-refractivity contribution < 1.29 is 23.5 Å². The molecule has 2 N–H and O–H groups in total. The molecule has 0 atom stereocenters. The van der Waals surface area contributed by atoms with Gasteiger partial charge in [0.2, 0.25) is 0 Å². The van der Waals surface area contributed by atoms with Crippen LogP contribution in [0.4, 0.5) is 9.18 Å². The molecule has 0 unspecified atom stereocenters. The Labute approximate surface area is 139 Å². The van der Waals surface area contributed by atoms with E-state index in [4.69, 9.17) is 4.74 Å². The fourth-order valence-electron chi connectivity index (χ4n) is 2.41. The lowest BCUT2D eigenvalue weighted by Crippen LogP contribution is -2.44. The molecule has 1 aromatic rings. The molecule has 1 aliphatic carbocycles. The number of ether oxygens (including phenoxy) is 1. The molecular formula is C17H19FN2O4. The average Bonchev–Trinajstić information content (AvgIpc) is 3.03. The highest BCUT2D eigenvalue weighted by molar-refractivity contribution is 5.96. The smallest absolute Gasteiger partial charge is 0.331 e. The van der Waals surface area contributed by atoms with E-state index in [0.717, 1.165) is 31.8 Å². The summed E-state index contributed by atoms with van der Waals surface area (Å²) in [6, 6.07) is 5.18. The Hall–Kier alpha value is -2.70. The summed E-state index contributed by atoms with van der Waals surface area (Å²) < 4.78 is 17.7. The predicted molar refractivity (Wildman–Crippen MR) is 85.3 cm³/mol. The number of hydrogen-bond acceptors (Lipinski definition) is 4. The van der Waals surface area contributed by atoms with Gasteiger partial charge in [0, 0.05) is 12.1 Å². The summed E-state index contributed by atoms with van der Waals surface area (Å²) in [5, 5.41) is 4.79. The fraction of sp³-hybridized carbons (Fsp3) is 0.353. The zero-order valence-electron chi connectivity index (χ0n) is 13.1. The normalized spacial score (nSPS) is 14.5. The van der Waals surface area contributed by atoms with Gasteiger partial charge in [0.05, 0.1) is 0 Å². The average molecular weight is 334 g/mol. The summed E-state index contributed by atoms with van der Waals surface area (Å²) in [5.74, 6) is -1.89. The Morgan fingerprint density at radius 1 is 1.25 bits per heavy atom. The minimum absolute atomic E-state index is 0.0922. The number of carbonyl (C=O) groups excluding carboxylic acids is 3. The molecule has 0 aromatic heterocycles. The van der Waals surface area contributed by atoms with Crippen LogP contribution in [0.2, 0.25) is 0 Å². The molecule has 1 saturated carbocycles. The van der Waals surface area contributed by atoms with E-state index in [2.05, 4.69) is 10.6 Å². The van der Waals surface area contributed by atoms with Gasteiger partial charge in [0.1, 0.15) is 5.82 Å². The number of halogens is 1. The number of benzene rings is 1. The maximum Gasteiger partial charge on any atom is 0.331 e. The molecule has 0 aliphatic heterocycles. The Morgan fingerprint density at radius 3 is 2.71 bits per heavy atom. The van der Waals surface area contributed by atoms with Crippen molar-refractivity contribution in [2.24, 2.45) is 0 Å². The minimum Gasteiger partial charge on any atom is -0.452 e. The molecule has 0 bridgehead atoms. The van der Waals surface area contributed by atoms with Crippen LogP contribution in [-0.4, -0.2) is 30.6 Å². The van der Waals surface area contributed by atoms with Crippen molar-refractivity contribution in [2.45, 2.75) is 31.7 Å². The van der Waals surface area contributed by atoms with Crippen LogP contribution in [0.3, 0.4) is 0 Å². The molecule has 7 heteroatoms. The highest BCUT2D eigenvalue weighted by Crippen LogP contribution is 2.17. The van der Waals surface area contributed by atoms with E-state index >= 15 is 0 Å². The van der Waals surface area contributed by atoms with Crippen molar-refractivity contribution in [3.8, 4) is 0 Å². The summed E-state index contributed by atoms with van der Waals surface area (Å²) in [6.07, 6.45) is 6.39. The number of carbonyl (C=O) groups is 3. The minimum atomic E-state index is -0.759. The van der Waals surface area contributed by atoms with Gasteiger partial charge in [-0.15, -0.1) is 0 Å². The topological polar surface area (TPSA) is 84.5 Å². The molecule has 6 nitrogen and oxygen atoms in total. The Balaban J connectivity index is 1.68. The fourth-order valence-corrected chi connectivity index (χ4v) is 2.41. The highest BCUT2D eigenvalue weighted by Gasteiger charge is 2.18. The van der Waals surface area contributed by atoms with Crippen molar-refractivity contribution in [3.05, 3.63) is 41.7 Å². The molecule has 0 heterocycles. The van der Waals surface area contributed by atoms with E-state index in [0.29, 0.717) is 5.56 Å². The number of urea groups is 1. The second-order valence-electron chi connectivity index (χ2n) is 5.50. The van der Waals surface area contributed by atoms with Gasteiger partial charge in [-0.3, -0.25) is 10.1 Å². The highest BCUT2D eigenvalue weighted by atomic mass is 19.1. The number of rotatable bonds is 5. The van der Waals surface area contributed by atoms with Gasteiger partial charge in [0.15, 0.2) is 6.61 Å². The SMILES string of the molecule is O=C(COC(=O)C=Cc1cccc(F)c1)NC(=O)NC1CCCC1. The van der Waals surface area contributed by atoms with Gasteiger partial charge in [0.25, 0.3) is 5.91 Å². The van der Waals surface area contributed by atoms with Crippen LogP contribution in [-0.2, 0) is 14.3 Å². The van der Waals surface area contributed by atoms with Gasteiger partial charge < -0.3 is 10.1 Å². The Kier molecular flexibility index (Phi) is 6.48. The lowest BCUT2D eigenvalue weighted by Gasteiger charge is -2.12. The Morgan fingerprint density at radius 2 is 2.00 bits per heavy atom. The quantitative estimate of drug-likeness (QED) is 0.638. The molecule has 0 spiro atoms. The van der Waals surface area contributed by atoms with Crippen LogP contribution in [0.5, 0.6) is 0 Å². The number of nitrogens with one attached hydrogen (secondary N) is 2. The molecule has 0 saturated heterocycles. The van der Waals surface area contributed by atoms with Crippen molar-refractivity contribution in [1.82, 2.24) is 10.6 Å². The van der Waals surface area contributed by atoms with E-state index < -0.39 is 30.3 Å². The standard InChI is InChI=1S/C17H19FN2O4/c18-13-5-3-4-12(10-13)8-9-16(22)24-11-15(21)20-17(23)19-14-6-1-2-7-14/h3-5,8-10,14H,1-2,6-7,11H2,(H2,19,20,21,23). The van der Waals surface area contributed by atoms with Crippen LogP contribution >= 0.6 is 0 Å². The maximum atomic E-state index is 13.0. The summed E-state index contributed by atoms with van der Waals surface area (Å²) in [5.41, 5.74) is 0.493. The van der Waals surface area contributed by atoms with Crippen molar-refractivity contribution >= 4 is 24.0 Å². The van der Waals surface area contributed by atoms with E-state index in [1.165, 1.54) is 24.3 Å². The lowest BCUT2D eigenvalue weighted by atomic mass is 10.2. The number of esters is 1. The summed E-state index contributed by atoms with van der Waals surface area (Å²) in [4.78, 5) is 34.6. The third-order valence-electron chi connectivity index (χ3n) is 3.55. The third kappa shape index (κ3) is 6.20. The predicted octanol–water partition coefficient (Wildman–Crippen LogP) is 2.15. The van der Waals surface area contributed by atoms with Gasteiger partial charge in [-0.25, -0.2) is 14.0 Å². The molecule has 0 radical (unpaired) electrons. The van der Waals surface area contributed by atoms with E-state index in [9.17, 15) is 18.8 Å². The number of imide groups is 1. The van der Waals surface area contributed by atoms with E-state index in [1.54, 1.807) is 6.07 Å². The number of amides is 3. The summed E-state index contributed by atoms with van der Waals surface area (Å²) >= 11 is 0. The van der Waals surface area contributed by atoms with Crippen LogP contribution < -0.4 is 10.6 Å². The molecule has 3 amide bonds. The van der Waals surface area contributed by atoms with Gasteiger partial charge in [-0.1, -0.05) is 25.0 Å². The van der Waals surface area contributed by atoms with Crippen molar-refractivity contribution in [3.63, 3.8) is 0 Å². The third-order valence-corrected chi connectivity index (χ3v) is 3.55. The van der Waals surface area contributed by atoms with Crippen LogP contribution in [0.25, 0.3) is 6.08 Å². The largest absolute Gasteiger partial charge is 0.452 e. The van der Waals surface area contributed by atoms with Gasteiger partial charge in [-0.05, 0) is 36.6 Å². The first-order chi connectivity index (χ1) is 11.5. The van der Waals surface area contributed by atoms with Gasteiger partial charge >= 0.3 is 12.0 Å². The zero-order valence-corrected chi connectivity index (χ0v) is 13.1. The molecular weight excluding hydrogens is 315 g/mol. The van der Waals surface area contributed by atoms with Crippen LogP contribution in [0.15, 0.2) is 30.3 Å². The molecule has 1 aromatic carbocycles. The monoisotopic (exact) mass is 334 g/mol. The molecule has 128 valence electrons. The first-order valence-corrected chi connectivity index (χ1v) is 7.73. The molecule has 1 fully saturated rings. The van der Waals surface area contributed by atoms with Crippen molar-refractivity contribution in [1.29, 1.82) is 0 Å². The maximum absolute atomic E-state index is 13.0. The van der Waals surface area contributed by atoms with E-state index in [1.807, 2.05) is 0 Å². The van der Waals surface area contributed by atoms with Crippen LogP contribution in [0.1, 0.15) is 31.2 Å². The zero-order chi connectivity index (χ0) is 17.4. The second kappa shape index (κ2) is 8.81. The molecule has 2 rings (SSSR count). The molecule has 24 heavy (non-hydrogen) atoms. The molecule has 1 aliphatic rings. The van der Waals surface area contributed by atoms with Gasteiger partial charge in [-0.2, -0.15) is 0 Å². The first-order valence-electron chi connectivity index (χ1n) is 7.73. The van der Waals surface area contributed by atoms with E-state index in [-0.39, 0.29) is 6.04 Å². The summed E-state index contributed by atoms with van der Waals surface area (Å²) in [6.45, 7) is -0.565.